The van der Waals surface area contributed by atoms with Crippen LogP contribution in [-0.4, -0.2) is 40.1 Å². The van der Waals surface area contributed by atoms with Gasteiger partial charge in [0.15, 0.2) is 0 Å². The van der Waals surface area contributed by atoms with Crippen molar-refractivity contribution in [2.45, 2.75) is 19.5 Å². The van der Waals surface area contributed by atoms with Crippen LogP contribution >= 0.6 is 0 Å². The number of non-ortho nitro benzene ring substituents is 1. The van der Waals surface area contributed by atoms with Gasteiger partial charge in [0.05, 0.1) is 28.8 Å². The molecule has 122 valence electrons. The topological polar surface area (TPSA) is 116 Å². The Kier molecular flexibility index (Phi) is 5.02. The Hall–Kier alpha value is -2.81. The first kappa shape index (κ1) is 16.6. The number of nitrogens with zero attached hydrogens (tertiary/aromatic N) is 3. The Morgan fingerprint density at radius 1 is 1.52 bits per heavy atom. The summed E-state index contributed by atoms with van der Waals surface area (Å²) in [6.45, 7) is 1.90. The summed E-state index contributed by atoms with van der Waals surface area (Å²) in [5.41, 5.74) is -0.370. The number of nitro benzene ring substituents is 1. The van der Waals surface area contributed by atoms with Crippen LogP contribution in [0.3, 0.4) is 0 Å². The molecule has 0 radical (unpaired) electrons. The lowest BCUT2D eigenvalue weighted by Gasteiger charge is -2.13. The van der Waals surface area contributed by atoms with Gasteiger partial charge in [-0.1, -0.05) is 0 Å². The number of hydrogen-bond acceptors (Lipinski definition) is 6. The maximum atomic E-state index is 12.3. The molecule has 9 heteroatoms. The summed E-state index contributed by atoms with van der Waals surface area (Å²) >= 11 is 0. The van der Waals surface area contributed by atoms with E-state index in [-0.39, 0.29) is 29.6 Å². The molecule has 1 unspecified atom stereocenters. The van der Waals surface area contributed by atoms with E-state index in [1.165, 1.54) is 25.6 Å². The van der Waals surface area contributed by atoms with Crippen LogP contribution in [0, 0.1) is 10.1 Å². The lowest BCUT2D eigenvalue weighted by molar-refractivity contribution is -0.384. The fourth-order valence-electron chi connectivity index (χ4n) is 2.14. The lowest BCUT2D eigenvalue weighted by Crippen LogP contribution is -2.39. The van der Waals surface area contributed by atoms with Crippen LogP contribution in [0.4, 0.5) is 5.69 Å². The van der Waals surface area contributed by atoms with Crippen molar-refractivity contribution in [3.05, 3.63) is 45.0 Å². The highest BCUT2D eigenvalue weighted by molar-refractivity contribution is 5.81. The summed E-state index contributed by atoms with van der Waals surface area (Å²) in [5, 5.41) is 13.6. The molecule has 23 heavy (non-hydrogen) atoms. The molecular formula is C14H16N4O5. The van der Waals surface area contributed by atoms with Gasteiger partial charge in [-0.15, -0.1) is 0 Å². The van der Waals surface area contributed by atoms with Crippen LogP contribution in [0.25, 0.3) is 10.9 Å². The molecule has 1 aromatic carbocycles. The van der Waals surface area contributed by atoms with Crippen molar-refractivity contribution in [1.29, 1.82) is 0 Å². The number of methoxy groups -OCH3 is 1. The van der Waals surface area contributed by atoms with Crippen LogP contribution in [0.5, 0.6) is 0 Å². The zero-order valence-corrected chi connectivity index (χ0v) is 12.7. The largest absolute Gasteiger partial charge is 0.383 e. The van der Waals surface area contributed by atoms with Gasteiger partial charge in [0.1, 0.15) is 6.54 Å². The molecule has 1 atom stereocenters. The highest BCUT2D eigenvalue weighted by Crippen LogP contribution is 2.16. The molecule has 0 saturated carbocycles. The second kappa shape index (κ2) is 6.97. The molecule has 0 aliphatic heterocycles. The highest BCUT2D eigenvalue weighted by Gasteiger charge is 2.13. The van der Waals surface area contributed by atoms with E-state index in [2.05, 4.69) is 10.3 Å². The number of nitrogens with one attached hydrogen (secondary N) is 1. The first-order valence-corrected chi connectivity index (χ1v) is 6.84. The van der Waals surface area contributed by atoms with Crippen LogP contribution in [-0.2, 0) is 16.1 Å². The molecule has 1 amide bonds. The van der Waals surface area contributed by atoms with Crippen molar-refractivity contribution in [3.63, 3.8) is 0 Å². The van der Waals surface area contributed by atoms with E-state index in [1.807, 2.05) is 0 Å². The second-order valence-electron chi connectivity index (χ2n) is 5.06. The smallest absolute Gasteiger partial charge is 0.270 e. The number of ether oxygens (including phenoxy) is 1. The number of carbonyl (C=O) groups is 1. The Balaban J connectivity index is 2.28. The molecule has 0 spiro atoms. The molecular weight excluding hydrogens is 304 g/mol. The van der Waals surface area contributed by atoms with E-state index in [0.29, 0.717) is 12.1 Å². The molecule has 0 saturated heterocycles. The quantitative estimate of drug-likeness (QED) is 0.610. The predicted molar refractivity (Wildman–Crippen MR) is 82.1 cm³/mol. The number of aromatic nitrogens is 2. The average molecular weight is 320 g/mol. The van der Waals surface area contributed by atoms with Gasteiger partial charge in [0.25, 0.3) is 11.2 Å². The third-order valence-electron chi connectivity index (χ3n) is 3.16. The van der Waals surface area contributed by atoms with E-state index in [1.54, 1.807) is 6.92 Å². The van der Waals surface area contributed by atoms with Gasteiger partial charge in [-0.05, 0) is 13.0 Å². The highest BCUT2D eigenvalue weighted by atomic mass is 16.6. The maximum absolute atomic E-state index is 12.3. The van der Waals surface area contributed by atoms with Gasteiger partial charge in [0, 0.05) is 25.3 Å². The van der Waals surface area contributed by atoms with E-state index in [4.69, 9.17) is 4.74 Å². The molecule has 0 bridgehead atoms. The fourth-order valence-corrected chi connectivity index (χ4v) is 2.14. The number of hydrogen-bond donors (Lipinski definition) is 1. The number of rotatable bonds is 6. The Morgan fingerprint density at radius 3 is 2.91 bits per heavy atom. The van der Waals surface area contributed by atoms with Crippen molar-refractivity contribution in [1.82, 2.24) is 14.9 Å². The summed E-state index contributed by atoms with van der Waals surface area (Å²) in [6, 6.07) is 3.64. The fraction of sp³-hybridized carbons (Fsp3) is 0.357. The predicted octanol–water partition coefficient (Wildman–Crippen LogP) is 0.456. The molecule has 0 aliphatic carbocycles. The van der Waals surface area contributed by atoms with Crippen LogP contribution < -0.4 is 10.9 Å². The molecule has 0 aliphatic rings. The zero-order valence-electron chi connectivity index (χ0n) is 12.7. The van der Waals surface area contributed by atoms with Gasteiger partial charge < -0.3 is 10.1 Å². The van der Waals surface area contributed by atoms with Gasteiger partial charge in [0.2, 0.25) is 5.91 Å². The average Bonchev–Trinajstić information content (AvgIpc) is 2.50. The first-order valence-electron chi connectivity index (χ1n) is 6.84. The number of fused-ring (bicyclic) bond motifs is 1. The monoisotopic (exact) mass is 320 g/mol. The van der Waals surface area contributed by atoms with Crippen molar-refractivity contribution >= 4 is 22.5 Å². The summed E-state index contributed by atoms with van der Waals surface area (Å²) in [4.78, 5) is 38.5. The first-order chi connectivity index (χ1) is 10.9. The molecule has 1 aromatic heterocycles. The summed E-state index contributed by atoms with van der Waals surface area (Å²) in [6.07, 6.45) is 1.25. The molecule has 9 nitrogen and oxygen atoms in total. The minimum atomic E-state index is -0.588. The van der Waals surface area contributed by atoms with Crippen LogP contribution in [0.15, 0.2) is 29.3 Å². The molecule has 0 fully saturated rings. The number of carbonyl (C=O) groups excluding carboxylic acids is 1. The minimum absolute atomic E-state index is 0.0967. The van der Waals surface area contributed by atoms with Gasteiger partial charge in [-0.2, -0.15) is 0 Å². The van der Waals surface area contributed by atoms with Crippen LogP contribution in [0.1, 0.15) is 6.92 Å². The molecule has 2 rings (SSSR count). The Bertz CT molecular complexity index is 801. The minimum Gasteiger partial charge on any atom is -0.383 e. The summed E-state index contributed by atoms with van der Waals surface area (Å²) in [5.74, 6) is -0.372. The second-order valence-corrected chi connectivity index (χ2v) is 5.06. The standard InChI is InChI=1S/C14H16N4O5/c1-9(7-23-2)16-13(19)6-17-8-15-12-4-3-10(18(21)22)5-11(12)14(17)20/h3-5,8-9H,6-7H2,1-2H3,(H,16,19). The van der Waals surface area contributed by atoms with E-state index >= 15 is 0 Å². The van der Waals surface area contributed by atoms with E-state index in [0.717, 1.165) is 10.6 Å². The molecule has 1 heterocycles. The summed E-state index contributed by atoms with van der Waals surface area (Å²) in [7, 11) is 1.52. The SMILES string of the molecule is COCC(C)NC(=O)Cn1cnc2ccc([N+](=O)[O-])cc2c1=O. The lowest BCUT2D eigenvalue weighted by atomic mass is 10.2. The Labute approximate surface area is 131 Å². The number of amides is 1. The molecule has 2 aromatic rings. The number of nitro groups is 1. The van der Waals surface area contributed by atoms with E-state index < -0.39 is 10.5 Å². The van der Waals surface area contributed by atoms with Crippen molar-refractivity contribution in [2.24, 2.45) is 0 Å². The van der Waals surface area contributed by atoms with Gasteiger partial charge in [-0.25, -0.2) is 4.98 Å². The summed E-state index contributed by atoms with van der Waals surface area (Å²) < 4.78 is 6.02. The Morgan fingerprint density at radius 2 is 2.26 bits per heavy atom. The number of benzene rings is 1. The third-order valence-corrected chi connectivity index (χ3v) is 3.16. The normalized spacial score (nSPS) is 12.1. The van der Waals surface area contributed by atoms with Gasteiger partial charge >= 0.3 is 0 Å². The van der Waals surface area contributed by atoms with Crippen molar-refractivity contribution in [2.75, 3.05) is 13.7 Å². The van der Waals surface area contributed by atoms with Crippen molar-refractivity contribution < 1.29 is 14.5 Å². The van der Waals surface area contributed by atoms with E-state index in [9.17, 15) is 19.7 Å². The van der Waals surface area contributed by atoms with Gasteiger partial charge in [-0.3, -0.25) is 24.3 Å². The third kappa shape index (κ3) is 3.89. The molecule has 1 N–H and O–H groups in total. The van der Waals surface area contributed by atoms with Crippen molar-refractivity contribution in [3.8, 4) is 0 Å². The maximum Gasteiger partial charge on any atom is 0.270 e. The zero-order chi connectivity index (χ0) is 17.0. The van der Waals surface area contributed by atoms with Crippen LogP contribution in [0.2, 0.25) is 0 Å².